The van der Waals surface area contributed by atoms with E-state index in [0.717, 1.165) is 31.6 Å². The van der Waals surface area contributed by atoms with Crippen LogP contribution in [0.25, 0.3) is 0 Å². The number of nitrogens with one attached hydrogen (secondary N) is 1. The van der Waals surface area contributed by atoms with Gasteiger partial charge in [0.2, 0.25) is 5.91 Å². The molecule has 176 valence electrons. The van der Waals surface area contributed by atoms with E-state index >= 15 is 0 Å². The molecule has 2 saturated carbocycles. The second-order valence-electron chi connectivity index (χ2n) is 12.8. The molecule has 0 aromatic carbocycles. The van der Waals surface area contributed by atoms with Crippen molar-refractivity contribution in [3.8, 4) is 0 Å². The number of piperidine rings is 1. The van der Waals surface area contributed by atoms with Gasteiger partial charge in [-0.05, 0) is 91.4 Å². The predicted octanol–water partition coefficient (Wildman–Crippen LogP) is 6.26. The quantitative estimate of drug-likeness (QED) is 0.507. The number of carbonyl (C=O) groups is 1. The number of carbonyl (C=O) groups excluding carboxylic acids is 1. The molecule has 1 amide bonds. The Kier molecular flexibility index (Phi) is 6.16. The molecule has 1 saturated heterocycles. The Morgan fingerprint density at radius 1 is 1.13 bits per heavy atom. The third-order valence-electron chi connectivity index (χ3n) is 10.7. The van der Waals surface area contributed by atoms with Gasteiger partial charge >= 0.3 is 0 Å². The number of fused-ring (bicyclic) bond motifs is 5. The number of amides is 1. The molecule has 3 heteroatoms. The highest BCUT2D eigenvalue weighted by Crippen LogP contribution is 2.65. The van der Waals surface area contributed by atoms with Gasteiger partial charge in [-0.15, -0.1) is 0 Å². The van der Waals surface area contributed by atoms with Crippen LogP contribution < -0.4 is 5.32 Å². The maximum absolute atomic E-state index is 13.1. The first kappa shape index (κ1) is 23.3. The van der Waals surface area contributed by atoms with Gasteiger partial charge in [0.05, 0.1) is 11.6 Å². The van der Waals surface area contributed by atoms with Crippen LogP contribution in [0, 0.1) is 40.4 Å². The number of hydrogen-bond acceptors (Lipinski definition) is 2. The number of aliphatic hydroxyl groups excluding tert-OH is 1. The van der Waals surface area contributed by atoms with Crippen molar-refractivity contribution in [3.05, 3.63) is 11.6 Å². The van der Waals surface area contributed by atoms with E-state index in [-0.39, 0.29) is 28.4 Å². The van der Waals surface area contributed by atoms with Crippen LogP contribution in [0.1, 0.15) is 106 Å². The van der Waals surface area contributed by atoms with Crippen LogP contribution in [0.5, 0.6) is 0 Å². The lowest BCUT2D eigenvalue weighted by Crippen LogP contribution is -2.70. The van der Waals surface area contributed by atoms with E-state index in [9.17, 15) is 9.90 Å². The van der Waals surface area contributed by atoms with Gasteiger partial charge in [-0.1, -0.05) is 60.0 Å². The smallest absolute Gasteiger partial charge is 0.221 e. The second kappa shape index (κ2) is 8.19. The highest BCUT2D eigenvalue weighted by atomic mass is 16.3. The van der Waals surface area contributed by atoms with Crippen molar-refractivity contribution < 1.29 is 9.90 Å². The average Bonchev–Trinajstić information content (AvgIpc) is 2.68. The van der Waals surface area contributed by atoms with E-state index in [2.05, 4.69) is 52.9 Å². The van der Waals surface area contributed by atoms with Crippen molar-refractivity contribution in [2.45, 2.75) is 117 Å². The zero-order chi connectivity index (χ0) is 22.6. The van der Waals surface area contributed by atoms with Crippen molar-refractivity contribution in [2.75, 3.05) is 0 Å². The number of hydrogen-bond donors (Lipinski definition) is 2. The molecule has 3 nitrogen and oxygen atoms in total. The molecule has 0 bridgehead atoms. The van der Waals surface area contributed by atoms with Crippen LogP contribution in [0.3, 0.4) is 0 Å². The molecule has 1 aliphatic heterocycles. The van der Waals surface area contributed by atoms with Crippen LogP contribution in [0.4, 0.5) is 0 Å². The van der Waals surface area contributed by atoms with Crippen molar-refractivity contribution in [2.24, 2.45) is 40.4 Å². The van der Waals surface area contributed by atoms with Gasteiger partial charge in [0, 0.05) is 6.42 Å². The number of aliphatic hydroxyl groups is 1. The summed E-state index contributed by atoms with van der Waals surface area (Å²) in [5.74, 6) is 3.19. The monoisotopic (exact) mass is 429 g/mol. The van der Waals surface area contributed by atoms with Crippen molar-refractivity contribution in [1.29, 1.82) is 0 Å². The summed E-state index contributed by atoms with van der Waals surface area (Å²) < 4.78 is 0. The molecule has 3 fully saturated rings. The van der Waals surface area contributed by atoms with Crippen LogP contribution in [0.15, 0.2) is 11.6 Å². The lowest BCUT2D eigenvalue weighted by molar-refractivity contribution is -0.141. The Bertz CT molecular complexity index is 729. The molecule has 3 aliphatic carbocycles. The summed E-state index contributed by atoms with van der Waals surface area (Å²) in [6.07, 6.45) is 13.4. The highest BCUT2D eigenvalue weighted by molar-refractivity contribution is 5.79. The van der Waals surface area contributed by atoms with Crippen LogP contribution >= 0.6 is 0 Å². The minimum Gasteiger partial charge on any atom is -0.393 e. The molecular weight excluding hydrogens is 382 g/mol. The van der Waals surface area contributed by atoms with Gasteiger partial charge in [0.25, 0.3) is 0 Å². The van der Waals surface area contributed by atoms with Gasteiger partial charge < -0.3 is 10.4 Å². The van der Waals surface area contributed by atoms with Gasteiger partial charge in [0.1, 0.15) is 0 Å². The standard InChI is InChI=1S/C28H47NO2/c1-18(2)8-7-9-19(3)24-17-25(31)29-28(6)23-11-10-20-16-21(30)12-14-26(20,4)22(23)13-15-27(24,28)5/h11,18-22,24,30H,7-10,12-17H2,1-6H3,(H,29,31)/t19-,20?,21+,22?,24?,26+,27-,28+/m1/s1. The van der Waals surface area contributed by atoms with E-state index in [1.54, 1.807) is 0 Å². The van der Waals surface area contributed by atoms with Crippen LogP contribution in [-0.2, 0) is 4.79 Å². The molecular formula is C28H47NO2. The van der Waals surface area contributed by atoms with Crippen LogP contribution in [0.2, 0.25) is 0 Å². The van der Waals surface area contributed by atoms with E-state index in [0.29, 0.717) is 30.1 Å². The first-order chi connectivity index (χ1) is 14.5. The Morgan fingerprint density at radius 2 is 1.87 bits per heavy atom. The molecule has 31 heavy (non-hydrogen) atoms. The van der Waals surface area contributed by atoms with Crippen molar-refractivity contribution >= 4 is 5.91 Å². The third kappa shape index (κ3) is 3.71. The molecule has 3 unspecified atom stereocenters. The third-order valence-corrected chi connectivity index (χ3v) is 10.7. The lowest BCUT2D eigenvalue weighted by atomic mass is 9.42. The van der Waals surface area contributed by atoms with E-state index < -0.39 is 0 Å². The Balaban J connectivity index is 1.63. The summed E-state index contributed by atoms with van der Waals surface area (Å²) in [6.45, 7) is 14.4. The first-order valence-electron chi connectivity index (χ1n) is 13.2. The summed E-state index contributed by atoms with van der Waals surface area (Å²) in [5.41, 5.74) is 1.70. The summed E-state index contributed by atoms with van der Waals surface area (Å²) in [4.78, 5) is 13.1. The largest absolute Gasteiger partial charge is 0.393 e. The fourth-order valence-corrected chi connectivity index (χ4v) is 8.45. The summed E-state index contributed by atoms with van der Waals surface area (Å²) in [7, 11) is 0. The SMILES string of the molecule is CC(C)CCC[C@@H](C)C1CC(=O)N[C@@]2(C)C3=CCC4C[C@@H](O)CC[C@]4(C)C3CC[C@]12C. The number of rotatable bonds is 5. The Hall–Kier alpha value is -0.830. The number of allylic oxidation sites excluding steroid dienone is 1. The second-order valence-corrected chi connectivity index (χ2v) is 12.8. The van der Waals surface area contributed by atoms with Gasteiger partial charge in [-0.3, -0.25) is 4.79 Å². The molecule has 0 spiro atoms. The zero-order valence-corrected chi connectivity index (χ0v) is 21.0. The van der Waals surface area contributed by atoms with Crippen molar-refractivity contribution in [3.63, 3.8) is 0 Å². The van der Waals surface area contributed by atoms with Crippen molar-refractivity contribution in [1.82, 2.24) is 5.32 Å². The van der Waals surface area contributed by atoms with Crippen LogP contribution in [-0.4, -0.2) is 22.7 Å². The maximum atomic E-state index is 13.1. The normalized spacial score (nSPS) is 45.8. The predicted molar refractivity (Wildman–Crippen MR) is 127 cm³/mol. The molecule has 4 aliphatic rings. The van der Waals surface area contributed by atoms with E-state index in [1.165, 1.54) is 37.7 Å². The molecule has 2 N–H and O–H groups in total. The minimum absolute atomic E-state index is 0.122. The van der Waals surface area contributed by atoms with Gasteiger partial charge in [-0.25, -0.2) is 0 Å². The molecule has 1 heterocycles. The summed E-state index contributed by atoms with van der Waals surface area (Å²) in [5, 5.41) is 13.9. The fraction of sp³-hybridized carbons (Fsp3) is 0.893. The molecule has 0 radical (unpaired) electrons. The van der Waals surface area contributed by atoms with E-state index in [1.807, 2.05) is 0 Å². The average molecular weight is 430 g/mol. The lowest BCUT2D eigenvalue weighted by Gasteiger charge is -2.65. The molecule has 0 aromatic rings. The van der Waals surface area contributed by atoms with E-state index in [4.69, 9.17) is 0 Å². The summed E-state index contributed by atoms with van der Waals surface area (Å²) >= 11 is 0. The summed E-state index contributed by atoms with van der Waals surface area (Å²) in [6, 6.07) is 0. The zero-order valence-electron chi connectivity index (χ0n) is 21.0. The maximum Gasteiger partial charge on any atom is 0.221 e. The Morgan fingerprint density at radius 3 is 2.58 bits per heavy atom. The van der Waals surface area contributed by atoms with Gasteiger partial charge in [-0.2, -0.15) is 0 Å². The molecule has 0 aromatic heterocycles. The topological polar surface area (TPSA) is 49.3 Å². The fourth-order valence-electron chi connectivity index (χ4n) is 8.45. The Labute approximate surface area is 190 Å². The van der Waals surface area contributed by atoms with Gasteiger partial charge in [0.15, 0.2) is 0 Å². The highest BCUT2D eigenvalue weighted by Gasteiger charge is 2.63. The molecule has 8 atom stereocenters. The molecule has 4 rings (SSSR count). The first-order valence-corrected chi connectivity index (χ1v) is 13.2. The minimum atomic E-state index is -0.230.